The van der Waals surface area contributed by atoms with Crippen molar-refractivity contribution in [2.24, 2.45) is 0 Å². The lowest BCUT2D eigenvalue weighted by molar-refractivity contribution is 0.217. The van der Waals surface area contributed by atoms with E-state index in [-0.39, 0.29) is 0 Å². The van der Waals surface area contributed by atoms with E-state index in [9.17, 15) is 0 Å². The molecule has 0 radical (unpaired) electrons. The molecule has 0 saturated carbocycles. The van der Waals surface area contributed by atoms with Gasteiger partial charge >= 0.3 is 0 Å². The average Bonchev–Trinajstić information content (AvgIpc) is 2.47. The second kappa shape index (κ2) is 7.65. The second-order valence-corrected chi connectivity index (χ2v) is 4.49. The monoisotopic (exact) mass is 292 g/mol. The van der Waals surface area contributed by atoms with E-state index in [4.69, 9.17) is 25.8 Å². The van der Waals surface area contributed by atoms with Crippen molar-refractivity contribution in [3.8, 4) is 17.2 Å². The lowest BCUT2D eigenvalue weighted by atomic mass is 10.3. The van der Waals surface area contributed by atoms with Crippen molar-refractivity contribution in [3.05, 3.63) is 53.6 Å². The van der Waals surface area contributed by atoms with Crippen molar-refractivity contribution in [3.63, 3.8) is 0 Å². The van der Waals surface area contributed by atoms with Crippen LogP contribution in [-0.4, -0.2) is 19.8 Å². The standard InChI is InChI=1S/C16H17ClO3/c1-2-18-14-7-9-16(10-8-14)20-12-11-19-15-5-3-13(17)4-6-15/h3-10H,2,11-12H2,1H3. The maximum absolute atomic E-state index is 5.80. The Morgan fingerprint density at radius 3 is 1.55 bits per heavy atom. The van der Waals surface area contributed by atoms with Gasteiger partial charge in [-0.25, -0.2) is 0 Å². The van der Waals surface area contributed by atoms with E-state index in [1.54, 1.807) is 12.1 Å². The largest absolute Gasteiger partial charge is 0.494 e. The van der Waals surface area contributed by atoms with Gasteiger partial charge in [-0.3, -0.25) is 0 Å². The Bertz CT molecular complexity index is 508. The number of hydrogen-bond acceptors (Lipinski definition) is 3. The highest BCUT2D eigenvalue weighted by atomic mass is 35.5. The van der Waals surface area contributed by atoms with E-state index in [1.807, 2.05) is 43.3 Å². The van der Waals surface area contributed by atoms with Crippen LogP contribution in [0.5, 0.6) is 17.2 Å². The summed E-state index contributed by atoms with van der Waals surface area (Å²) in [6.07, 6.45) is 0. The molecule has 2 rings (SSSR count). The zero-order valence-electron chi connectivity index (χ0n) is 11.3. The SMILES string of the molecule is CCOc1ccc(OCCOc2ccc(Cl)cc2)cc1. The number of hydrogen-bond donors (Lipinski definition) is 0. The number of ether oxygens (including phenoxy) is 3. The number of halogens is 1. The Kier molecular flexibility index (Phi) is 5.56. The van der Waals surface area contributed by atoms with Crippen molar-refractivity contribution < 1.29 is 14.2 Å². The molecular weight excluding hydrogens is 276 g/mol. The van der Waals surface area contributed by atoms with Gasteiger partial charge in [0.15, 0.2) is 0 Å². The third kappa shape index (κ3) is 4.67. The third-order valence-corrected chi connectivity index (χ3v) is 2.82. The van der Waals surface area contributed by atoms with Crippen molar-refractivity contribution in [1.82, 2.24) is 0 Å². The zero-order valence-corrected chi connectivity index (χ0v) is 12.1. The van der Waals surface area contributed by atoms with Gasteiger partial charge in [0, 0.05) is 5.02 Å². The van der Waals surface area contributed by atoms with Crippen LogP contribution in [0.4, 0.5) is 0 Å². The lowest BCUT2D eigenvalue weighted by Crippen LogP contribution is -2.08. The molecule has 0 amide bonds. The topological polar surface area (TPSA) is 27.7 Å². The summed E-state index contributed by atoms with van der Waals surface area (Å²) >= 11 is 5.80. The molecule has 0 aliphatic heterocycles. The quantitative estimate of drug-likeness (QED) is 0.716. The minimum atomic E-state index is 0.481. The third-order valence-electron chi connectivity index (χ3n) is 2.57. The highest BCUT2D eigenvalue weighted by molar-refractivity contribution is 6.30. The summed E-state index contributed by atoms with van der Waals surface area (Å²) in [6, 6.07) is 14.8. The maximum Gasteiger partial charge on any atom is 0.122 e. The van der Waals surface area contributed by atoms with Crippen LogP contribution >= 0.6 is 11.6 Å². The molecule has 0 bridgehead atoms. The van der Waals surface area contributed by atoms with Crippen molar-refractivity contribution >= 4 is 11.6 Å². The molecule has 0 aliphatic rings. The Morgan fingerprint density at radius 2 is 1.10 bits per heavy atom. The molecule has 0 atom stereocenters. The summed E-state index contributed by atoms with van der Waals surface area (Å²) in [5.74, 6) is 2.43. The summed E-state index contributed by atoms with van der Waals surface area (Å²) < 4.78 is 16.5. The molecule has 2 aromatic carbocycles. The Labute approximate surface area is 124 Å². The van der Waals surface area contributed by atoms with Gasteiger partial charge in [0.25, 0.3) is 0 Å². The van der Waals surface area contributed by atoms with E-state index >= 15 is 0 Å². The summed E-state index contributed by atoms with van der Waals surface area (Å²) in [6.45, 7) is 3.58. The molecule has 0 fully saturated rings. The van der Waals surface area contributed by atoms with E-state index < -0.39 is 0 Å². The molecule has 0 heterocycles. The van der Waals surface area contributed by atoms with Crippen LogP contribution in [0.25, 0.3) is 0 Å². The molecule has 0 N–H and O–H groups in total. The van der Waals surface area contributed by atoms with Gasteiger partial charge in [0.2, 0.25) is 0 Å². The summed E-state index contributed by atoms with van der Waals surface area (Å²) in [5, 5.41) is 0.697. The van der Waals surface area contributed by atoms with Gasteiger partial charge in [0.1, 0.15) is 30.5 Å². The maximum atomic E-state index is 5.80. The molecule has 106 valence electrons. The normalized spacial score (nSPS) is 10.1. The fourth-order valence-electron chi connectivity index (χ4n) is 1.65. The average molecular weight is 293 g/mol. The molecule has 0 aliphatic carbocycles. The number of benzene rings is 2. The van der Waals surface area contributed by atoms with Gasteiger partial charge < -0.3 is 14.2 Å². The van der Waals surface area contributed by atoms with Crippen LogP contribution in [0.15, 0.2) is 48.5 Å². The first-order chi connectivity index (χ1) is 9.78. The van der Waals surface area contributed by atoms with Gasteiger partial charge in [-0.05, 0) is 55.5 Å². The first kappa shape index (κ1) is 14.5. The van der Waals surface area contributed by atoms with Crippen LogP contribution in [0.2, 0.25) is 5.02 Å². The summed E-state index contributed by atoms with van der Waals surface area (Å²) in [5.41, 5.74) is 0. The smallest absolute Gasteiger partial charge is 0.122 e. The molecule has 0 aromatic heterocycles. The second-order valence-electron chi connectivity index (χ2n) is 4.06. The molecule has 4 heteroatoms. The van der Waals surface area contributed by atoms with E-state index in [1.165, 1.54) is 0 Å². The molecule has 0 spiro atoms. The van der Waals surface area contributed by atoms with Crippen LogP contribution in [0.1, 0.15) is 6.92 Å². The fraction of sp³-hybridized carbons (Fsp3) is 0.250. The minimum absolute atomic E-state index is 0.481. The van der Waals surface area contributed by atoms with E-state index in [0.29, 0.717) is 24.8 Å². The molecular formula is C16H17ClO3. The first-order valence-corrected chi connectivity index (χ1v) is 6.90. The predicted octanol–water partition coefficient (Wildman–Crippen LogP) is 4.20. The number of rotatable bonds is 7. The lowest BCUT2D eigenvalue weighted by Gasteiger charge is -2.09. The Hall–Kier alpha value is -1.87. The van der Waals surface area contributed by atoms with Gasteiger partial charge in [-0.1, -0.05) is 11.6 Å². The van der Waals surface area contributed by atoms with Crippen molar-refractivity contribution in [2.75, 3.05) is 19.8 Å². The summed E-state index contributed by atoms with van der Waals surface area (Å²) in [4.78, 5) is 0. The van der Waals surface area contributed by atoms with Crippen molar-refractivity contribution in [2.45, 2.75) is 6.92 Å². The van der Waals surface area contributed by atoms with E-state index in [0.717, 1.165) is 17.2 Å². The van der Waals surface area contributed by atoms with E-state index in [2.05, 4.69) is 0 Å². The molecule has 3 nitrogen and oxygen atoms in total. The molecule has 20 heavy (non-hydrogen) atoms. The predicted molar refractivity (Wildman–Crippen MR) is 80.1 cm³/mol. The van der Waals surface area contributed by atoms with Crippen LogP contribution in [0, 0.1) is 0 Å². The fourth-order valence-corrected chi connectivity index (χ4v) is 1.77. The first-order valence-electron chi connectivity index (χ1n) is 6.52. The van der Waals surface area contributed by atoms with Gasteiger partial charge in [0.05, 0.1) is 6.61 Å². The van der Waals surface area contributed by atoms with Gasteiger partial charge in [-0.2, -0.15) is 0 Å². The minimum Gasteiger partial charge on any atom is -0.494 e. The molecule has 0 unspecified atom stereocenters. The molecule has 0 saturated heterocycles. The summed E-state index contributed by atoms with van der Waals surface area (Å²) in [7, 11) is 0. The Balaban J connectivity index is 1.71. The highest BCUT2D eigenvalue weighted by Crippen LogP contribution is 2.18. The Morgan fingerprint density at radius 1 is 0.700 bits per heavy atom. The van der Waals surface area contributed by atoms with Crippen LogP contribution < -0.4 is 14.2 Å². The van der Waals surface area contributed by atoms with Crippen molar-refractivity contribution in [1.29, 1.82) is 0 Å². The zero-order chi connectivity index (χ0) is 14.2. The molecule has 2 aromatic rings. The highest BCUT2D eigenvalue weighted by Gasteiger charge is 1.97. The van der Waals surface area contributed by atoms with Gasteiger partial charge in [-0.15, -0.1) is 0 Å². The van der Waals surface area contributed by atoms with Crippen LogP contribution in [-0.2, 0) is 0 Å². The van der Waals surface area contributed by atoms with Crippen LogP contribution in [0.3, 0.4) is 0 Å².